The van der Waals surface area contributed by atoms with E-state index in [1.807, 2.05) is 12.1 Å². The third kappa shape index (κ3) is 4.24. The quantitative estimate of drug-likeness (QED) is 0.588. The minimum Gasteiger partial charge on any atom is -0.236 e. The summed E-state index contributed by atoms with van der Waals surface area (Å²) in [6.45, 7) is 2.85. The van der Waals surface area contributed by atoms with Gasteiger partial charge < -0.3 is 0 Å². The number of rotatable bonds is 5. The van der Waals surface area contributed by atoms with E-state index in [-0.39, 0.29) is 5.56 Å². The van der Waals surface area contributed by atoms with E-state index in [1.54, 1.807) is 0 Å². The van der Waals surface area contributed by atoms with Crippen molar-refractivity contribution in [3.8, 4) is 0 Å². The van der Waals surface area contributed by atoms with E-state index in [0.717, 1.165) is 18.8 Å². The van der Waals surface area contributed by atoms with Crippen LogP contribution in [-0.4, -0.2) is 5.92 Å². The van der Waals surface area contributed by atoms with E-state index in [1.165, 1.54) is 43.4 Å². The average Bonchev–Trinajstić information content (AvgIpc) is 2.47. The van der Waals surface area contributed by atoms with Crippen LogP contribution in [0.2, 0.25) is 0 Å². The lowest BCUT2D eigenvalue weighted by molar-refractivity contribution is -0.0566. The first-order valence-corrected chi connectivity index (χ1v) is 8.03. The highest BCUT2D eigenvalue weighted by Crippen LogP contribution is 2.39. The predicted molar refractivity (Wildman–Crippen MR) is 80.5 cm³/mol. The minimum atomic E-state index is -3.32. The first kappa shape index (κ1) is 16.4. The minimum absolute atomic E-state index is 0.0749. The third-order valence-corrected chi connectivity index (χ3v) is 4.69. The number of alkyl halides is 3. The highest BCUT2D eigenvalue weighted by Gasteiger charge is 2.35. The van der Waals surface area contributed by atoms with Crippen molar-refractivity contribution in [3.05, 3.63) is 35.4 Å². The molecule has 1 unspecified atom stereocenters. The zero-order valence-corrected chi connectivity index (χ0v) is 12.9. The average molecular weight is 298 g/mol. The molecule has 3 heteroatoms. The lowest BCUT2D eigenvalue weighted by Crippen LogP contribution is -2.18. The van der Waals surface area contributed by atoms with Crippen molar-refractivity contribution in [2.24, 2.45) is 5.92 Å². The number of hydrogen-bond donors (Lipinski definition) is 0. The molecule has 0 aromatic heterocycles. The predicted octanol–water partition coefficient (Wildman–Crippen LogP) is 6.43. The van der Waals surface area contributed by atoms with Crippen LogP contribution in [0.4, 0.5) is 13.2 Å². The first-order chi connectivity index (χ1) is 9.91. The molecule has 0 saturated heterocycles. The molecule has 0 radical (unpaired) electrons. The molecule has 0 N–H and O–H groups in total. The van der Waals surface area contributed by atoms with Crippen LogP contribution < -0.4 is 0 Å². The standard InChI is InChI=1S/C18H25F3/c1-3-4-13-5-7-14(8-6-13)15-9-11-16(12-10-15)17(19)18(2,20)21/h9-14,17H,3-8H2,1-2H3/t13-,14-,17?. The summed E-state index contributed by atoms with van der Waals surface area (Å²) in [6, 6.07) is 6.71. The van der Waals surface area contributed by atoms with Crippen molar-refractivity contribution in [1.82, 2.24) is 0 Å². The Morgan fingerprint density at radius 2 is 1.67 bits per heavy atom. The van der Waals surface area contributed by atoms with Gasteiger partial charge in [-0.1, -0.05) is 44.0 Å². The van der Waals surface area contributed by atoms with Gasteiger partial charge in [0.2, 0.25) is 0 Å². The third-order valence-electron chi connectivity index (χ3n) is 4.69. The van der Waals surface area contributed by atoms with Crippen molar-refractivity contribution in [2.75, 3.05) is 0 Å². The van der Waals surface area contributed by atoms with Crippen molar-refractivity contribution in [3.63, 3.8) is 0 Å². The number of halogens is 3. The van der Waals surface area contributed by atoms with Gasteiger partial charge >= 0.3 is 0 Å². The molecule has 1 atom stereocenters. The molecule has 1 aliphatic rings. The molecule has 1 fully saturated rings. The summed E-state index contributed by atoms with van der Waals surface area (Å²) >= 11 is 0. The zero-order chi connectivity index (χ0) is 15.5. The van der Waals surface area contributed by atoms with Crippen LogP contribution in [0, 0.1) is 5.92 Å². The Hall–Kier alpha value is -0.990. The molecule has 0 bridgehead atoms. The van der Waals surface area contributed by atoms with Gasteiger partial charge in [0, 0.05) is 6.92 Å². The Bertz CT molecular complexity index is 425. The molecular weight excluding hydrogens is 273 g/mol. The van der Waals surface area contributed by atoms with Gasteiger partial charge in [-0.3, -0.25) is 0 Å². The topological polar surface area (TPSA) is 0 Å². The summed E-state index contributed by atoms with van der Waals surface area (Å²) in [4.78, 5) is 0. The fourth-order valence-electron chi connectivity index (χ4n) is 3.42. The molecular formula is C18H25F3. The van der Waals surface area contributed by atoms with Crippen molar-refractivity contribution < 1.29 is 13.2 Å². The molecule has 118 valence electrons. The largest absolute Gasteiger partial charge is 0.280 e. The lowest BCUT2D eigenvalue weighted by Gasteiger charge is -2.28. The van der Waals surface area contributed by atoms with Gasteiger partial charge in [0.05, 0.1) is 0 Å². The number of benzene rings is 1. The molecule has 0 heterocycles. The van der Waals surface area contributed by atoms with Gasteiger partial charge in [-0.2, -0.15) is 0 Å². The van der Waals surface area contributed by atoms with Crippen LogP contribution in [0.1, 0.15) is 75.6 Å². The monoisotopic (exact) mass is 298 g/mol. The Morgan fingerprint density at radius 3 is 2.14 bits per heavy atom. The summed E-state index contributed by atoms with van der Waals surface area (Å²) in [5.74, 6) is -1.97. The van der Waals surface area contributed by atoms with Crippen LogP contribution in [0.15, 0.2) is 24.3 Å². The molecule has 1 aliphatic carbocycles. The van der Waals surface area contributed by atoms with Crippen LogP contribution in [-0.2, 0) is 0 Å². The molecule has 1 aromatic rings. The van der Waals surface area contributed by atoms with E-state index >= 15 is 0 Å². The molecule has 2 rings (SSSR count). The fourth-order valence-corrected chi connectivity index (χ4v) is 3.42. The van der Waals surface area contributed by atoms with Crippen LogP contribution in [0.5, 0.6) is 0 Å². The van der Waals surface area contributed by atoms with E-state index in [2.05, 4.69) is 6.92 Å². The van der Waals surface area contributed by atoms with Gasteiger partial charge in [0.15, 0.2) is 6.17 Å². The Kier molecular flexibility index (Phi) is 5.34. The van der Waals surface area contributed by atoms with E-state index in [0.29, 0.717) is 12.8 Å². The lowest BCUT2D eigenvalue weighted by atomic mass is 9.77. The van der Waals surface area contributed by atoms with Crippen LogP contribution in [0.25, 0.3) is 0 Å². The fraction of sp³-hybridized carbons (Fsp3) is 0.667. The second-order valence-electron chi connectivity index (χ2n) is 6.49. The Labute approximate surface area is 125 Å². The van der Waals surface area contributed by atoms with Crippen LogP contribution >= 0.6 is 0 Å². The summed E-state index contributed by atoms with van der Waals surface area (Å²) in [5, 5.41) is 0. The van der Waals surface area contributed by atoms with Gasteiger partial charge in [0.1, 0.15) is 0 Å². The molecule has 0 nitrogen and oxygen atoms in total. The molecule has 0 spiro atoms. The maximum Gasteiger partial charge on any atom is 0.280 e. The Balaban J connectivity index is 1.97. The number of hydrogen-bond acceptors (Lipinski definition) is 0. The van der Waals surface area contributed by atoms with Gasteiger partial charge in [-0.25, -0.2) is 13.2 Å². The summed E-state index contributed by atoms with van der Waals surface area (Å²) in [7, 11) is 0. The summed E-state index contributed by atoms with van der Waals surface area (Å²) < 4.78 is 39.6. The molecule has 1 aromatic carbocycles. The highest BCUT2D eigenvalue weighted by molar-refractivity contribution is 5.28. The second kappa shape index (κ2) is 6.85. The Morgan fingerprint density at radius 1 is 1.10 bits per heavy atom. The first-order valence-electron chi connectivity index (χ1n) is 8.03. The maximum atomic E-state index is 13.6. The molecule has 1 saturated carbocycles. The second-order valence-corrected chi connectivity index (χ2v) is 6.49. The SMILES string of the molecule is CCC[C@H]1CC[C@H](c2ccc(C(F)C(C)(F)F)cc2)CC1. The highest BCUT2D eigenvalue weighted by atomic mass is 19.3. The molecule has 21 heavy (non-hydrogen) atoms. The van der Waals surface area contributed by atoms with E-state index in [4.69, 9.17) is 0 Å². The van der Waals surface area contributed by atoms with Crippen molar-refractivity contribution >= 4 is 0 Å². The van der Waals surface area contributed by atoms with Gasteiger partial charge in [-0.15, -0.1) is 0 Å². The smallest absolute Gasteiger partial charge is 0.236 e. The maximum absolute atomic E-state index is 13.6. The molecule has 0 aliphatic heterocycles. The summed E-state index contributed by atoms with van der Waals surface area (Å²) in [6.07, 6.45) is 5.15. The van der Waals surface area contributed by atoms with E-state index < -0.39 is 12.1 Å². The van der Waals surface area contributed by atoms with E-state index in [9.17, 15) is 13.2 Å². The molecule has 0 amide bonds. The van der Waals surface area contributed by atoms with Crippen molar-refractivity contribution in [2.45, 2.75) is 70.4 Å². The zero-order valence-electron chi connectivity index (χ0n) is 12.9. The van der Waals surface area contributed by atoms with Gasteiger partial charge in [-0.05, 0) is 48.6 Å². The van der Waals surface area contributed by atoms with Gasteiger partial charge in [0.25, 0.3) is 5.92 Å². The summed E-state index contributed by atoms with van der Waals surface area (Å²) in [5.41, 5.74) is 1.24. The normalized spacial score (nSPS) is 24.8. The van der Waals surface area contributed by atoms with Crippen molar-refractivity contribution in [1.29, 1.82) is 0 Å². The van der Waals surface area contributed by atoms with Crippen LogP contribution in [0.3, 0.4) is 0 Å².